The number of aromatic nitrogens is 3. The standard InChI is InChI=1S/C23H37N5O3S/c1-3-20-14-21-22(32-20)4-13-31-23(21)5-6-27(18(2)15-23)16-19-17-28(25-24-19)8-7-26(9-11-29)10-12-30/h14,17-18,29-30H,3-13,15-16H2,1-2H3/t18-,23+/m0/s1. The Morgan fingerprint density at radius 2 is 2.09 bits per heavy atom. The van der Waals surface area contributed by atoms with Crippen molar-refractivity contribution in [1.82, 2.24) is 24.8 Å². The molecule has 0 unspecified atom stereocenters. The number of fused-ring (bicyclic) bond motifs is 2. The molecule has 2 atom stereocenters. The minimum Gasteiger partial charge on any atom is -0.395 e. The summed E-state index contributed by atoms with van der Waals surface area (Å²) < 4.78 is 8.33. The van der Waals surface area contributed by atoms with Crippen LogP contribution in [0, 0.1) is 0 Å². The molecule has 0 bridgehead atoms. The summed E-state index contributed by atoms with van der Waals surface area (Å²) in [5, 5.41) is 27.0. The molecule has 4 heterocycles. The Balaban J connectivity index is 1.34. The van der Waals surface area contributed by atoms with Crippen LogP contribution < -0.4 is 0 Å². The minimum atomic E-state index is -0.117. The van der Waals surface area contributed by atoms with Crippen molar-refractivity contribution in [2.75, 3.05) is 46.0 Å². The lowest BCUT2D eigenvalue weighted by molar-refractivity contribution is -0.112. The Kier molecular flexibility index (Phi) is 7.96. The molecule has 32 heavy (non-hydrogen) atoms. The van der Waals surface area contributed by atoms with Crippen molar-refractivity contribution in [2.24, 2.45) is 0 Å². The van der Waals surface area contributed by atoms with Crippen LogP contribution in [-0.4, -0.2) is 87.0 Å². The van der Waals surface area contributed by atoms with E-state index in [0.717, 1.165) is 57.6 Å². The summed E-state index contributed by atoms with van der Waals surface area (Å²) in [5.74, 6) is 0. The van der Waals surface area contributed by atoms with Crippen LogP contribution in [0.25, 0.3) is 0 Å². The van der Waals surface area contributed by atoms with E-state index in [1.807, 2.05) is 27.1 Å². The van der Waals surface area contributed by atoms with Gasteiger partial charge in [-0.1, -0.05) is 12.1 Å². The molecule has 2 aliphatic heterocycles. The van der Waals surface area contributed by atoms with Gasteiger partial charge in [-0.15, -0.1) is 16.4 Å². The normalized spacial score (nSPS) is 23.8. The third-order valence-electron chi connectivity index (χ3n) is 6.89. The lowest BCUT2D eigenvalue weighted by Crippen LogP contribution is -2.50. The van der Waals surface area contributed by atoms with Crippen LogP contribution in [0.1, 0.15) is 47.7 Å². The van der Waals surface area contributed by atoms with Crippen LogP contribution in [0.2, 0.25) is 0 Å². The van der Waals surface area contributed by atoms with Gasteiger partial charge in [0.05, 0.1) is 37.7 Å². The zero-order valence-corrected chi connectivity index (χ0v) is 20.2. The Morgan fingerprint density at radius 1 is 1.28 bits per heavy atom. The molecular formula is C23H37N5O3S. The number of aryl methyl sites for hydroxylation is 1. The van der Waals surface area contributed by atoms with E-state index in [-0.39, 0.29) is 18.8 Å². The van der Waals surface area contributed by atoms with Gasteiger partial charge in [0.25, 0.3) is 0 Å². The first-order valence-electron chi connectivity index (χ1n) is 11.9. The molecule has 4 rings (SSSR count). The molecule has 2 aromatic heterocycles. The summed E-state index contributed by atoms with van der Waals surface area (Å²) >= 11 is 1.98. The number of hydrogen-bond acceptors (Lipinski definition) is 8. The summed E-state index contributed by atoms with van der Waals surface area (Å²) in [6.45, 7) is 9.88. The van der Waals surface area contributed by atoms with Crippen molar-refractivity contribution in [3.8, 4) is 0 Å². The highest BCUT2D eigenvalue weighted by molar-refractivity contribution is 7.12. The fourth-order valence-electron chi connectivity index (χ4n) is 5.10. The van der Waals surface area contributed by atoms with E-state index in [1.165, 1.54) is 15.3 Å². The number of aliphatic hydroxyl groups excluding tert-OH is 2. The van der Waals surface area contributed by atoms with E-state index in [2.05, 4.69) is 35.1 Å². The number of ether oxygens (including phenoxy) is 1. The first-order valence-corrected chi connectivity index (χ1v) is 12.7. The van der Waals surface area contributed by atoms with Crippen LogP contribution in [0.5, 0.6) is 0 Å². The molecule has 0 aromatic carbocycles. The Labute approximate surface area is 194 Å². The summed E-state index contributed by atoms with van der Waals surface area (Å²) in [7, 11) is 0. The highest BCUT2D eigenvalue weighted by Gasteiger charge is 2.44. The maximum absolute atomic E-state index is 9.16. The summed E-state index contributed by atoms with van der Waals surface area (Å²) in [6.07, 6.45) is 6.22. The predicted molar refractivity (Wildman–Crippen MR) is 125 cm³/mol. The maximum Gasteiger partial charge on any atom is 0.0969 e. The van der Waals surface area contributed by atoms with E-state index in [0.29, 0.717) is 25.7 Å². The lowest BCUT2D eigenvalue weighted by Gasteiger charge is -2.47. The summed E-state index contributed by atoms with van der Waals surface area (Å²) in [4.78, 5) is 7.53. The van der Waals surface area contributed by atoms with Crippen molar-refractivity contribution < 1.29 is 14.9 Å². The van der Waals surface area contributed by atoms with Gasteiger partial charge in [0.2, 0.25) is 0 Å². The SMILES string of the molecule is CCc1cc2c(s1)CCO[C@@]21CCN(Cc2cn(CCN(CCO)CCO)nn2)[C@@H](C)C1. The molecule has 0 aliphatic carbocycles. The van der Waals surface area contributed by atoms with Gasteiger partial charge >= 0.3 is 0 Å². The van der Waals surface area contributed by atoms with Crippen molar-refractivity contribution in [3.05, 3.63) is 33.3 Å². The molecule has 1 spiro atoms. The molecule has 2 aliphatic rings. The topological polar surface area (TPSA) is 86.9 Å². The van der Waals surface area contributed by atoms with Gasteiger partial charge in [-0.05, 0) is 37.8 Å². The lowest BCUT2D eigenvalue weighted by atomic mass is 9.79. The maximum atomic E-state index is 9.16. The smallest absolute Gasteiger partial charge is 0.0969 e. The average molecular weight is 464 g/mol. The van der Waals surface area contributed by atoms with Gasteiger partial charge in [0, 0.05) is 61.1 Å². The second-order valence-corrected chi connectivity index (χ2v) is 10.3. The van der Waals surface area contributed by atoms with Gasteiger partial charge in [-0.2, -0.15) is 0 Å². The summed E-state index contributed by atoms with van der Waals surface area (Å²) in [5.41, 5.74) is 2.32. The van der Waals surface area contributed by atoms with E-state index in [1.54, 1.807) is 0 Å². The zero-order valence-electron chi connectivity index (χ0n) is 19.4. The molecular weight excluding hydrogens is 426 g/mol. The largest absolute Gasteiger partial charge is 0.395 e. The van der Waals surface area contributed by atoms with Crippen LogP contribution in [0.3, 0.4) is 0 Å². The van der Waals surface area contributed by atoms with Crippen LogP contribution in [0.15, 0.2) is 12.3 Å². The number of hydrogen-bond donors (Lipinski definition) is 2. The monoisotopic (exact) mass is 463 g/mol. The van der Waals surface area contributed by atoms with Crippen molar-refractivity contribution in [3.63, 3.8) is 0 Å². The molecule has 0 saturated carbocycles. The van der Waals surface area contributed by atoms with Crippen LogP contribution in [-0.2, 0) is 36.3 Å². The number of thiophene rings is 1. The second kappa shape index (κ2) is 10.7. The quantitative estimate of drug-likeness (QED) is 0.554. The van der Waals surface area contributed by atoms with Crippen molar-refractivity contribution in [2.45, 2.75) is 64.3 Å². The molecule has 2 N–H and O–H groups in total. The van der Waals surface area contributed by atoms with Gasteiger partial charge in [-0.25, -0.2) is 0 Å². The number of nitrogens with zero attached hydrogens (tertiary/aromatic N) is 5. The highest BCUT2D eigenvalue weighted by Crippen LogP contribution is 2.46. The zero-order chi connectivity index (χ0) is 22.6. The fraction of sp³-hybridized carbons (Fsp3) is 0.739. The molecule has 2 aromatic rings. The van der Waals surface area contributed by atoms with E-state index < -0.39 is 0 Å². The number of likely N-dealkylation sites (tertiary alicyclic amines) is 1. The molecule has 8 nitrogen and oxygen atoms in total. The fourth-order valence-corrected chi connectivity index (χ4v) is 6.28. The molecule has 1 saturated heterocycles. The second-order valence-electron chi connectivity index (χ2n) is 9.03. The van der Waals surface area contributed by atoms with Gasteiger partial charge in [-0.3, -0.25) is 14.5 Å². The third kappa shape index (κ3) is 5.24. The van der Waals surface area contributed by atoms with Gasteiger partial charge in [0.15, 0.2) is 0 Å². The summed E-state index contributed by atoms with van der Waals surface area (Å²) in [6, 6.07) is 2.82. The molecule has 0 radical (unpaired) electrons. The Morgan fingerprint density at radius 3 is 2.81 bits per heavy atom. The van der Waals surface area contributed by atoms with E-state index in [9.17, 15) is 0 Å². The number of aliphatic hydroxyl groups is 2. The van der Waals surface area contributed by atoms with Crippen molar-refractivity contribution in [1.29, 1.82) is 0 Å². The predicted octanol–water partition coefficient (Wildman–Crippen LogP) is 1.64. The Bertz CT molecular complexity index is 866. The number of piperidine rings is 1. The number of rotatable bonds is 10. The average Bonchev–Trinajstić information content (AvgIpc) is 3.42. The molecule has 0 amide bonds. The van der Waals surface area contributed by atoms with E-state index in [4.69, 9.17) is 14.9 Å². The third-order valence-corrected chi connectivity index (χ3v) is 8.23. The first-order chi connectivity index (χ1) is 15.6. The highest BCUT2D eigenvalue weighted by atomic mass is 32.1. The van der Waals surface area contributed by atoms with Crippen molar-refractivity contribution >= 4 is 11.3 Å². The van der Waals surface area contributed by atoms with Gasteiger partial charge in [0.1, 0.15) is 0 Å². The van der Waals surface area contributed by atoms with Crippen LogP contribution >= 0.6 is 11.3 Å². The molecule has 178 valence electrons. The van der Waals surface area contributed by atoms with E-state index >= 15 is 0 Å². The molecule has 1 fully saturated rings. The minimum absolute atomic E-state index is 0.0906. The van der Waals surface area contributed by atoms with Gasteiger partial charge < -0.3 is 14.9 Å². The first kappa shape index (κ1) is 23.8. The Hall–Kier alpha value is -1.36. The molecule has 9 heteroatoms. The van der Waals surface area contributed by atoms with Crippen LogP contribution in [0.4, 0.5) is 0 Å².